The van der Waals surface area contributed by atoms with E-state index in [1.165, 1.54) is 51.4 Å². The van der Waals surface area contributed by atoms with Gasteiger partial charge in [-0.1, -0.05) is 78.2 Å². The fourth-order valence-electron chi connectivity index (χ4n) is 7.92. The van der Waals surface area contributed by atoms with Crippen molar-refractivity contribution in [3.05, 3.63) is 23.3 Å². The van der Waals surface area contributed by atoms with Crippen LogP contribution in [0, 0.1) is 34.5 Å². The Morgan fingerprint density at radius 1 is 1.03 bits per heavy atom. The fourth-order valence-corrected chi connectivity index (χ4v) is 9.31. The van der Waals surface area contributed by atoms with E-state index in [1.807, 2.05) is 5.57 Å². The molecule has 31 heavy (non-hydrogen) atoms. The van der Waals surface area contributed by atoms with E-state index in [2.05, 4.69) is 73.7 Å². The molecule has 3 saturated carbocycles. The average Bonchev–Trinajstić information content (AvgIpc) is 3.04. The van der Waals surface area contributed by atoms with Crippen molar-refractivity contribution in [1.29, 1.82) is 0 Å². The van der Waals surface area contributed by atoms with Crippen molar-refractivity contribution in [3.8, 4) is 0 Å². The van der Waals surface area contributed by atoms with Crippen LogP contribution in [0.4, 0.5) is 0 Å². The topological polar surface area (TPSA) is 9.23 Å². The van der Waals surface area contributed by atoms with E-state index in [1.54, 1.807) is 5.57 Å². The molecular formula is C29H50OSi. The van der Waals surface area contributed by atoms with Crippen molar-refractivity contribution < 1.29 is 4.43 Å². The highest BCUT2D eigenvalue weighted by molar-refractivity contribution is 6.74. The Hall–Kier alpha value is -0.343. The number of rotatable bonds is 4. The molecule has 0 heterocycles. The predicted octanol–water partition coefficient (Wildman–Crippen LogP) is 8.92. The molecule has 0 aromatic rings. The third kappa shape index (κ3) is 3.76. The van der Waals surface area contributed by atoms with Gasteiger partial charge in [0, 0.05) is 6.10 Å². The second kappa shape index (κ2) is 7.86. The van der Waals surface area contributed by atoms with Gasteiger partial charge in [0.15, 0.2) is 8.32 Å². The van der Waals surface area contributed by atoms with Gasteiger partial charge >= 0.3 is 0 Å². The minimum atomic E-state index is -1.70. The van der Waals surface area contributed by atoms with Crippen LogP contribution in [0.3, 0.4) is 0 Å². The summed E-state index contributed by atoms with van der Waals surface area (Å²) in [6, 6.07) is 0. The molecule has 3 unspecified atom stereocenters. The second-order valence-corrected chi connectivity index (χ2v) is 18.5. The van der Waals surface area contributed by atoms with Gasteiger partial charge in [0.1, 0.15) is 0 Å². The Morgan fingerprint density at radius 3 is 2.39 bits per heavy atom. The molecule has 4 rings (SSSR count). The van der Waals surface area contributed by atoms with Gasteiger partial charge in [-0.3, -0.25) is 0 Å². The van der Waals surface area contributed by atoms with Crippen molar-refractivity contribution in [2.75, 3.05) is 0 Å². The van der Waals surface area contributed by atoms with Crippen LogP contribution in [0.5, 0.6) is 0 Å². The Kier molecular flexibility index (Phi) is 6.04. The molecule has 4 aliphatic rings. The van der Waals surface area contributed by atoms with E-state index in [0.29, 0.717) is 22.0 Å². The van der Waals surface area contributed by atoms with Crippen molar-refractivity contribution in [3.63, 3.8) is 0 Å². The molecule has 0 radical (unpaired) electrons. The van der Waals surface area contributed by atoms with Crippen LogP contribution >= 0.6 is 0 Å². The molecule has 7 atom stereocenters. The van der Waals surface area contributed by atoms with E-state index in [0.717, 1.165) is 23.7 Å². The lowest BCUT2D eigenvalue weighted by Gasteiger charge is -2.56. The molecule has 3 fully saturated rings. The lowest BCUT2D eigenvalue weighted by atomic mass is 9.50. The van der Waals surface area contributed by atoms with Gasteiger partial charge in [0.05, 0.1) is 0 Å². The highest BCUT2D eigenvalue weighted by Gasteiger charge is 2.57. The summed E-state index contributed by atoms with van der Waals surface area (Å²) in [6.07, 6.45) is 16.4. The molecule has 4 aliphatic carbocycles. The largest absolute Gasteiger partial charge is 0.414 e. The third-order valence-electron chi connectivity index (χ3n) is 11.2. The molecule has 0 aromatic heterocycles. The maximum atomic E-state index is 6.89. The van der Waals surface area contributed by atoms with Crippen molar-refractivity contribution in [2.24, 2.45) is 34.5 Å². The molecule has 2 heteroatoms. The maximum Gasteiger partial charge on any atom is 0.192 e. The van der Waals surface area contributed by atoms with Gasteiger partial charge in [-0.15, -0.1) is 0 Å². The van der Waals surface area contributed by atoms with Crippen LogP contribution in [-0.2, 0) is 4.43 Å². The fraction of sp³-hybridized carbons (Fsp3) is 0.862. The van der Waals surface area contributed by atoms with E-state index < -0.39 is 8.32 Å². The number of hydrogen-bond donors (Lipinski definition) is 0. The third-order valence-corrected chi connectivity index (χ3v) is 15.7. The lowest BCUT2D eigenvalue weighted by molar-refractivity contribution is 0.0352. The zero-order valence-corrected chi connectivity index (χ0v) is 23.1. The summed E-state index contributed by atoms with van der Waals surface area (Å²) in [6.45, 7) is 22.1. The van der Waals surface area contributed by atoms with Crippen molar-refractivity contribution in [2.45, 2.75) is 124 Å². The van der Waals surface area contributed by atoms with E-state index >= 15 is 0 Å². The summed E-state index contributed by atoms with van der Waals surface area (Å²) in [5.74, 6) is 3.42. The second-order valence-electron chi connectivity index (χ2n) is 13.7. The van der Waals surface area contributed by atoms with E-state index in [-0.39, 0.29) is 0 Å². The summed E-state index contributed by atoms with van der Waals surface area (Å²) in [5, 5.41) is 0.296. The zero-order valence-electron chi connectivity index (χ0n) is 22.1. The van der Waals surface area contributed by atoms with Crippen LogP contribution in [-0.4, -0.2) is 14.4 Å². The van der Waals surface area contributed by atoms with Crippen LogP contribution in [0.25, 0.3) is 0 Å². The number of allylic oxidation sites excluding steroid dienone is 3. The first-order valence-electron chi connectivity index (χ1n) is 13.4. The molecule has 1 nitrogen and oxygen atoms in total. The van der Waals surface area contributed by atoms with Crippen LogP contribution in [0.1, 0.15) is 99.8 Å². The van der Waals surface area contributed by atoms with Gasteiger partial charge < -0.3 is 4.43 Å². The van der Waals surface area contributed by atoms with Gasteiger partial charge in [0.25, 0.3) is 0 Å². The monoisotopic (exact) mass is 442 g/mol. The molecule has 0 bridgehead atoms. The molecule has 0 amide bonds. The Bertz CT molecular complexity index is 755. The first-order chi connectivity index (χ1) is 14.3. The standard InChI is InChI=1S/C29H50OSi/c1-10-20(2)24-13-14-25-23-12-11-21-19-22(30-31(8,9)27(3,4)5)15-17-28(21,6)26(23)16-18-29(24,25)7/h11-12,20,22,24-26H,10,13-19H2,1-9H3/t20-,22+,24?,25?,26?,28+,29-/m1/s1. The number of hydrogen-bond acceptors (Lipinski definition) is 1. The lowest BCUT2D eigenvalue weighted by Crippen LogP contribution is -2.49. The van der Waals surface area contributed by atoms with Crippen LogP contribution < -0.4 is 0 Å². The van der Waals surface area contributed by atoms with E-state index in [4.69, 9.17) is 4.43 Å². The first-order valence-corrected chi connectivity index (χ1v) is 16.3. The highest BCUT2D eigenvalue weighted by atomic mass is 28.4. The highest BCUT2D eigenvalue weighted by Crippen LogP contribution is 2.66. The smallest absolute Gasteiger partial charge is 0.192 e. The van der Waals surface area contributed by atoms with Crippen molar-refractivity contribution >= 4 is 8.32 Å². The average molecular weight is 443 g/mol. The molecule has 0 spiro atoms. The van der Waals surface area contributed by atoms with Gasteiger partial charge in [0.2, 0.25) is 0 Å². The molecular weight excluding hydrogens is 392 g/mol. The molecule has 0 N–H and O–H groups in total. The predicted molar refractivity (Wildman–Crippen MR) is 137 cm³/mol. The molecule has 0 saturated heterocycles. The molecule has 0 aliphatic heterocycles. The quantitative estimate of drug-likeness (QED) is 0.395. The SMILES string of the molecule is CC[C@@H](C)C1CCC2C3=CC=C4C[C@@H](O[Si](C)(C)C(C)(C)C)CC[C@]4(C)C3CC[C@@]21C. The van der Waals surface area contributed by atoms with Gasteiger partial charge in [-0.05, 0) is 97.6 Å². The molecule has 176 valence electrons. The summed E-state index contributed by atoms with van der Waals surface area (Å²) in [7, 11) is -1.70. The summed E-state index contributed by atoms with van der Waals surface area (Å²) >= 11 is 0. The van der Waals surface area contributed by atoms with Crippen molar-refractivity contribution in [1.82, 2.24) is 0 Å². The molecule has 0 aromatic carbocycles. The van der Waals surface area contributed by atoms with Crippen LogP contribution in [0.2, 0.25) is 18.1 Å². The first kappa shape index (κ1) is 23.8. The summed E-state index contributed by atoms with van der Waals surface area (Å²) in [4.78, 5) is 0. The number of fused-ring (bicyclic) bond motifs is 5. The van der Waals surface area contributed by atoms with Gasteiger partial charge in [-0.25, -0.2) is 0 Å². The van der Waals surface area contributed by atoms with Crippen LogP contribution in [0.15, 0.2) is 23.3 Å². The summed E-state index contributed by atoms with van der Waals surface area (Å²) in [5.41, 5.74) is 4.47. The zero-order chi connectivity index (χ0) is 22.8. The minimum Gasteiger partial charge on any atom is -0.414 e. The Labute approximate surface area is 194 Å². The normalized spacial score (nSPS) is 41.6. The summed E-state index contributed by atoms with van der Waals surface area (Å²) < 4.78 is 6.89. The minimum absolute atomic E-state index is 0.296. The Morgan fingerprint density at radius 2 is 1.74 bits per heavy atom. The Balaban J connectivity index is 1.57. The maximum absolute atomic E-state index is 6.89. The van der Waals surface area contributed by atoms with E-state index in [9.17, 15) is 0 Å². The van der Waals surface area contributed by atoms with Gasteiger partial charge in [-0.2, -0.15) is 0 Å².